The molecule has 3 heteroatoms. The molecule has 0 bridgehead atoms. The summed E-state index contributed by atoms with van der Waals surface area (Å²) >= 11 is 0. The lowest BCUT2D eigenvalue weighted by Gasteiger charge is -2.20. The summed E-state index contributed by atoms with van der Waals surface area (Å²) in [7, 11) is 0. The number of hydrogen-bond acceptors (Lipinski definition) is 2. The van der Waals surface area contributed by atoms with Crippen LogP contribution in [0.4, 0.5) is 0 Å². The van der Waals surface area contributed by atoms with Crippen LogP contribution >= 0.6 is 0 Å². The molecule has 1 rings (SSSR count). The van der Waals surface area contributed by atoms with Gasteiger partial charge in [0.1, 0.15) is 0 Å². The monoisotopic (exact) mass is 272 g/mol. The first-order chi connectivity index (χ1) is 9.49. The van der Waals surface area contributed by atoms with Crippen LogP contribution in [0.1, 0.15) is 48.7 Å². The number of hydrogen-bond donors (Lipinski definition) is 2. The van der Waals surface area contributed by atoms with Crippen molar-refractivity contribution in [2.75, 3.05) is 6.54 Å². The molecule has 1 aromatic carbocycles. The normalized spacial score (nSPS) is 11.7. The molecule has 20 heavy (non-hydrogen) atoms. The second-order valence-corrected chi connectivity index (χ2v) is 5.27. The summed E-state index contributed by atoms with van der Waals surface area (Å²) in [5, 5.41) is 3.08. The highest BCUT2D eigenvalue weighted by atomic mass is 16.1. The SMILES string of the molecule is CCC(NC(=O)c1ccc(C#CCN)c(C)c1)C(C)C. The van der Waals surface area contributed by atoms with Gasteiger partial charge in [-0.25, -0.2) is 0 Å². The van der Waals surface area contributed by atoms with E-state index in [0.717, 1.165) is 17.5 Å². The molecule has 1 atom stereocenters. The van der Waals surface area contributed by atoms with Crippen molar-refractivity contribution < 1.29 is 4.79 Å². The lowest BCUT2D eigenvalue weighted by Crippen LogP contribution is -2.38. The molecule has 0 radical (unpaired) electrons. The molecule has 0 aromatic heterocycles. The van der Waals surface area contributed by atoms with Crippen molar-refractivity contribution in [2.45, 2.75) is 40.2 Å². The van der Waals surface area contributed by atoms with Crippen LogP contribution in [0.2, 0.25) is 0 Å². The van der Waals surface area contributed by atoms with E-state index in [1.54, 1.807) is 0 Å². The quantitative estimate of drug-likeness (QED) is 0.827. The third kappa shape index (κ3) is 4.40. The molecule has 0 aliphatic carbocycles. The van der Waals surface area contributed by atoms with Gasteiger partial charge in [0.2, 0.25) is 0 Å². The summed E-state index contributed by atoms with van der Waals surface area (Å²) in [6.45, 7) is 8.61. The van der Waals surface area contributed by atoms with Gasteiger partial charge in [0.25, 0.3) is 5.91 Å². The summed E-state index contributed by atoms with van der Waals surface area (Å²) in [6.07, 6.45) is 0.933. The van der Waals surface area contributed by atoms with Gasteiger partial charge in [-0.15, -0.1) is 0 Å². The number of rotatable bonds is 4. The van der Waals surface area contributed by atoms with Gasteiger partial charge in [0, 0.05) is 17.2 Å². The molecule has 3 nitrogen and oxygen atoms in total. The molecule has 0 aliphatic rings. The van der Waals surface area contributed by atoms with E-state index in [1.165, 1.54) is 0 Å². The highest BCUT2D eigenvalue weighted by Crippen LogP contribution is 2.12. The minimum Gasteiger partial charge on any atom is -0.349 e. The topological polar surface area (TPSA) is 55.1 Å². The molecule has 0 saturated heterocycles. The second kappa shape index (κ2) is 7.72. The Balaban J connectivity index is 2.87. The number of benzene rings is 1. The molecule has 0 spiro atoms. The van der Waals surface area contributed by atoms with Crippen LogP contribution in [-0.2, 0) is 0 Å². The number of carbonyl (C=O) groups excluding carboxylic acids is 1. The Morgan fingerprint density at radius 2 is 2.10 bits per heavy atom. The minimum absolute atomic E-state index is 0.0213. The molecule has 1 amide bonds. The average molecular weight is 272 g/mol. The number of carbonyl (C=O) groups is 1. The van der Waals surface area contributed by atoms with E-state index in [4.69, 9.17) is 5.73 Å². The van der Waals surface area contributed by atoms with Crippen molar-refractivity contribution in [3.8, 4) is 11.8 Å². The smallest absolute Gasteiger partial charge is 0.251 e. The summed E-state index contributed by atoms with van der Waals surface area (Å²) in [4.78, 5) is 12.2. The maximum atomic E-state index is 12.2. The van der Waals surface area contributed by atoms with Crippen LogP contribution in [0.3, 0.4) is 0 Å². The van der Waals surface area contributed by atoms with Crippen molar-refractivity contribution in [3.63, 3.8) is 0 Å². The van der Waals surface area contributed by atoms with E-state index in [0.29, 0.717) is 18.0 Å². The van der Waals surface area contributed by atoms with Gasteiger partial charge >= 0.3 is 0 Å². The van der Waals surface area contributed by atoms with Crippen LogP contribution in [0.5, 0.6) is 0 Å². The standard InChI is InChI=1S/C17H24N2O/c1-5-16(12(2)3)19-17(20)15-9-8-14(7-6-10-18)13(4)11-15/h8-9,11-12,16H,5,10,18H2,1-4H3,(H,19,20). The first kappa shape index (κ1) is 16.3. The molecule has 3 N–H and O–H groups in total. The van der Waals surface area contributed by atoms with E-state index >= 15 is 0 Å². The van der Waals surface area contributed by atoms with Crippen LogP contribution in [-0.4, -0.2) is 18.5 Å². The molecule has 0 fully saturated rings. The van der Waals surface area contributed by atoms with E-state index < -0.39 is 0 Å². The van der Waals surface area contributed by atoms with Gasteiger partial charge in [-0.1, -0.05) is 32.6 Å². The summed E-state index contributed by atoms with van der Waals surface area (Å²) in [5.74, 6) is 6.24. The third-order valence-electron chi connectivity index (χ3n) is 3.37. The molecule has 1 aromatic rings. The number of nitrogens with one attached hydrogen (secondary N) is 1. The van der Waals surface area contributed by atoms with Crippen molar-refractivity contribution >= 4 is 5.91 Å². The highest BCUT2D eigenvalue weighted by Gasteiger charge is 2.15. The fourth-order valence-corrected chi connectivity index (χ4v) is 2.08. The maximum Gasteiger partial charge on any atom is 0.251 e. The highest BCUT2D eigenvalue weighted by molar-refractivity contribution is 5.94. The predicted molar refractivity (Wildman–Crippen MR) is 83.5 cm³/mol. The minimum atomic E-state index is -0.0213. The van der Waals surface area contributed by atoms with Crippen LogP contribution in [0.15, 0.2) is 18.2 Å². The summed E-state index contributed by atoms with van der Waals surface area (Å²) in [6, 6.07) is 5.78. The Morgan fingerprint density at radius 3 is 2.60 bits per heavy atom. The number of aryl methyl sites for hydroxylation is 1. The van der Waals surface area contributed by atoms with E-state index in [1.807, 2.05) is 25.1 Å². The van der Waals surface area contributed by atoms with Crippen molar-refractivity contribution in [1.29, 1.82) is 0 Å². The van der Waals surface area contributed by atoms with Gasteiger partial charge in [-0.3, -0.25) is 4.79 Å². The lowest BCUT2D eigenvalue weighted by molar-refractivity contribution is 0.0924. The van der Waals surface area contributed by atoms with Gasteiger partial charge in [0.05, 0.1) is 6.54 Å². The van der Waals surface area contributed by atoms with Crippen LogP contribution in [0.25, 0.3) is 0 Å². The Kier molecular flexibility index (Phi) is 6.27. The van der Waals surface area contributed by atoms with Crippen LogP contribution < -0.4 is 11.1 Å². The molecule has 0 saturated carbocycles. The van der Waals surface area contributed by atoms with Crippen LogP contribution in [0, 0.1) is 24.7 Å². The predicted octanol–water partition coefficient (Wildman–Crippen LogP) is 2.47. The summed E-state index contributed by atoms with van der Waals surface area (Å²) < 4.78 is 0. The van der Waals surface area contributed by atoms with E-state index in [2.05, 4.69) is 37.9 Å². The average Bonchev–Trinajstić information content (AvgIpc) is 2.42. The number of amides is 1. The van der Waals surface area contributed by atoms with Crippen molar-refractivity contribution in [2.24, 2.45) is 11.7 Å². The Bertz CT molecular complexity index is 524. The van der Waals surface area contributed by atoms with Gasteiger partial charge < -0.3 is 11.1 Å². The number of nitrogens with two attached hydrogens (primary N) is 1. The van der Waals surface area contributed by atoms with Gasteiger partial charge in [-0.2, -0.15) is 0 Å². The van der Waals surface area contributed by atoms with Crippen molar-refractivity contribution in [3.05, 3.63) is 34.9 Å². The molecular weight excluding hydrogens is 248 g/mol. The lowest BCUT2D eigenvalue weighted by atomic mass is 10.0. The zero-order valence-corrected chi connectivity index (χ0v) is 12.8. The zero-order chi connectivity index (χ0) is 15.1. The van der Waals surface area contributed by atoms with Crippen molar-refractivity contribution in [1.82, 2.24) is 5.32 Å². The second-order valence-electron chi connectivity index (χ2n) is 5.27. The molecular formula is C17H24N2O. The Hall–Kier alpha value is -1.79. The maximum absolute atomic E-state index is 12.2. The van der Waals surface area contributed by atoms with Gasteiger partial charge in [0.15, 0.2) is 0 Å². The first-order valence-electron chi connectivity index (χ1n) is 7.10. The summed E-state index contributed by atoms with van der Waals surface area (Å²) in [5.41, 5.74) is 7.96. The third-order valence-corrected chi connectivity index (χ3v) is 3.37. The fraction of sp³-hybridized carbons (Fsp3) is 0.471. The zero-order valence-electron chi connectivity index (χ0n) is 12.8. The fourth-order valence-electron chi connectivity index (χ4n) is 2.08. The Labute approximate surface area is 121 Å². The largest absolute Gasteiger partial charge is 0.349 e. The molecule has 108 valence electrons. The first-order valence-corrected chi connectivity index (χ1v) is 7.10. The molecule has 0 heterocycles. The molecule has 0 aliphatic heterocycles. The van der Waals surface area contributed by atoms with Gasteiger partial charge in [-0.05, 0) is 43.0 Å². The van der Waals surface area contributed by atoms with E-state index in [-0.39, 0.29) is 11.9 Å². The Morgan fingerprint density at radius 1 is 1.40 bits per heavy atom. The molecule has 1 unspecified atom stereocenters. The van der Waals surface area contributed by atoms with E-state index in [9.17, 15) is 4.79 Å².